The molecule has 0 bridgehead atoms. The number of allylic oxidation sites excluding steroid dienone is 1. The van der Waals surface area contributed by atoms with Gasteiger partial charge in [-0.3, -0.25) is 28.8 Å². The number of nitrogens with one attached hydrogen (secondary N) is 1. The van der Waals surface area contributed by atoms with E-state index < -0.39 is 77.9 Å². The number of Topliss-reactive ketones (excluding diaryl/α,β-unsaturated/α-hetero) is 2. The standard InChI is InChI=1S/C30H39NO11/c1-28-11-9-17(32)13-16(28)3-4-18-19-10-12-30(41,29(19,2)14-21(33)26(18)28)22(34)15-42-25(38)8-6-23(35)31-20(27(39)40)5-7-24(36)37/h13,18-20,26,41H,3-12,14-15H2,1-2H3,(H,31,35)(H,36,37)(H,39,40)/t18-,19-,20-,26+,28-,29-,30-/m0/s1. The van der Waals surface area contributed by atoms with Crippen LogP contribution in [0.5, 0.6) is 0 Å². The van der Waals surface area contributed by atoms with Crippen molar-refractivity contribution in [2.45, 2.75) is 96.1 Å². The van der Waals surface area contributed by atoms with E-state index in [-0.39, 0.29) is 48.6 Å². The third kappa shape index (κ3) is 5.65. The van der Waals surface area contributed by atoms with Gasteiger partial charge in [0.05, 0.1) is 6.42 Å². The van der Waals surface area contributed by atoms with Crippen LogP contribution in [0.1, 0.15) is 84.5 Å². The van der Waals surface area contributed by atoms with E-state index in [2.05, 4.69) is 12.2 Å². The highest BCUT2D eigenvalue weighted by Crippen LogP contribution is 2.66. The van der Waals surface area contributed by atoms with E-state index >= 15 is 0 Å². The average Bonchev–Trinajstić information content (AvgIpc) is 3.19. The lowest BCUT2D eigenvalue weighted by Gasteiger charge is -2.57. The predicted octanol–water partition coefficient (Wildman–Crippen LogP) is 1.76. The van der Waals surface area contributed by atoms with Crippen LogP contribution in [0.25, 0.3) is 0 Å². The van der Waals surface area contributed by atoms with E-state index in [0.29, 0.717) is 32.1 Å². The van der Waals surface area contributed by atoms with Gasteiger partial charge in [-0.2, -0.15) is 0 Å². The number of amides is 1. The fourth-order valence-corrected chi connectivity index (χ4v) is 8.19. The molecule has 0 radical (unpaired) electrons. The molecule has 0 aromatic carbocycles. The minimum atomic E-state index is -1.87. The van der Waals surface area contributed by atoms with Gasteiger partial charge in [-0.1, -0.05) is 19.4 Å². The fourth-order valence-electron chi connectivity index (χ4n) is 8.19. The van der Waals surface area contributed by atoms with E-state index in [4.69, 9.17) is 14.9 Å². The Hall–Kier alpha value is -3.41. The molecule has 0 aromatic rings. The van der Waals surface area contributed by atoms with E-state index in [0.717, 1.165) is 5.57 Å². The molecule has 7 atom stereocenters. The summed E-state index contributed by atoms with van der Waals surface area (Å²) in [5.74, 6) is -5.33. The third-order valence-electron chi connectivity index (χ3n) is 10.5. The van der Waals surface area contributed by atoms with Crippen molar-refractivity contribution in [3.05, 3.63) is 11.6 Å². The van der Waals surface area contributed by atoms with Crippen LogP contribution in [0.4, 0.5) is 0 Å². The highest BCUT2D eigenvalue weighted by Gasteiger charge is 2.68. The summed E-state index contributed by atoms with van der Waals surface area (Å²) in [6, 6.07) is -1.43. The van der Waals surface area contributed by atoms with Crippen LogP contribution in [-0.2, 0) is 38.3 Å². The number of aliphatic carboxylic acids is 2. The molecule has 1 amide bonds. The molecule has 3 fully saturated rings. The summed E-state index contributed by atoms with van der Waals surface area (Å²) in [5.41, 5.74) is -2.27. The van der Waals surface area contributed by atoms with Crippen molar-refractivity contribution in [2.24, 2.45) is 28.6 Å². The van der Waals surface area contributed by atoms with Crippen molar-refractivity contribution in [2.75, 3.05) is 6.61 Å². The predicted molar refractivity (Wildman–Crippen MR) is 144 cm³/mol. The highest BCUT2D eigenvalue weighted by molar-refractivity contribution is 5.95. The molecule has 230 valence electrons. The zero-order chi connectivity index (χ0) is 31.0. The number of fused-ring (bicyclic) bond motifs is 5. The monoisotopic (exact) mass is 589 g/mol. The van der Waals surface area contributed by atoms with Gasteiger partial charge in [0, 0.05) is 37.0 Å². The maximum atomic E-state index is 13.7. The molecule has 4 rings (SSSR count). The molecule has 42 heavy (non-hydrogen) atoms. The minimum absolute atomic E-state index is 0.0125. The number of hydrogen-bond acceptors (Lipinski definition) is 9. The van der Waals surface area contributed by atoms with Crippen LogP contribution in [0.3, 0.4) is 0 Å². The first-order chi connectivity index (χ1) is 19.6. The van der Waals surface area contributed by atoms with Crippen molar-refractivity contribution in [1.82, 2.24) is 5.32 Å². The van der Waals surface area contributed by atoms with Gasteiger partial charge in [0.15, 0.2) is 12.4 Å². The van der Waals surface area contributed by atoms with Crippen molar-refractivity contribution in [3.63, 3.8) is 0 Å². The number of carbonyl (C=O) groups excluding carboxylic acids is 5. The molecule has 12 nitrogen and oxygen atoms in total. The quantitative estimate of drug-likeness (QED) is 0.256. The van der Waals surface area contributed by atoms with E-state index in [1.54, 1.807) is 13.0 Å². The molecule has 4 aliphatic rings. The zero-order valence-electron chi connectivity index (χ0n) is 24.0. The molecule has 0 unspecified atom stereocenters. The number of rotatable bonds is 11. The normalized spacial score (nSPS) is 34.3. The number of carboxylic acid groups (broad SMARTS) is 2. The lowest BCUT2D eigenvalue weighted by Crippen LogP contribution is -2.61. The van der Waals surface area contributed by atoms with Crippen LogP contribution < -0.4 is 5.32 Å². The summed E-state index contributed by atoms with van der Waals surface area (Å²) in [6.07, 6.45) is 3.13. The minimum Gasteiger partial charge on any atom is -0.481 e. The van der Waals surface area contributed by atoms with Crippen molar-refractivity contribution < 1.29 is 53.6 Å². The molecule has 3 saturated carbocycles. The molecule has 0 saturated heterocycles. The first-order valence-corrected chi connectivity index (χ1v) is 14.5. The number of ether oxygens (including phenoxy) is 1. The molecule has 4 aliphatic carbocycles. The third-order valence-corrected chi connectivity index (χ3v) is 10.5. The maximum Gasteiger partial charge on any atom is 0.326 e. The molecule has 4 N–H and O–H groups in total. The van der Waals surface area contributed by atoms with Crippen LogP contribution in [0, 0.1) is 28.6 Å². The van der Waals surface area contributed by atoms with Crippen molar-refractivity contribution in [3.8, 4) is 0 Å². The van der Waals surface area contributed by atoms with Gasteiger partial charge in [-0.25, -0.2) is 4.79 Å². The number of ketones is 3. The Labute approximate surface area is 243 Å². The number of hydrogen-bond donors (Lipinski definition) is 4. The molecule has 0 aromatic heterocycles. The van der Waals surface area contributed by atoms with Crippen molar-refractivity contribution >= 4 is 41.2 Å². The SMILES string of the molecule is C[C@]12CCC(=O)C=C1CC[C@@H]1[C@@H]2C(=O)C[C@@]2(C)[C@H]1CC[C@]2(O)C(=O)COC(=O)CCC(=O)N[C@@H](CCC(=O)O)C(=O)O. The summed E-state index contributed by atoms with van der Waals surface area (Å²) in [4.78, 5) is 85.4. The Kier molecular flexibility index (Phi) is 8.78. The second-order valence-corrected chi connectivity index (χ2v) is 12.8. The molecule has 12 heteroatoms. The van der Waals surface area contributed by atoms with Crippen LogP contribution in [-0.4, -0.2) is 74.7 Å². The Bertz CT molecular complexity index is 1240. The first kappa shape index (κ1) is 31.5. The molecule has 0 spiro atoms. The van der Waals surface area contributed by atoms with E-state index in [1.807, 2.05) is 0 Å². The zero-order valence-corrected chi connectivity index (χ0v) is 24.0. The van der Waals surface area contributed by atoms with E-state index in [1.165, 1.54) is 0 Å². The molecular formula is C30H39NO11. The Morgan fingerprint density at radius 2 is 1.74 bits per heavy atom. The Morgan fingerprint density at radius 3 is 2.40 bits per heavy atom. The second kappa shape index (κ2) is 11.7. The largest absolute Gasteiger partial charge is 0.481 e. The van der Waals surface area contributed by atoms with Crippen LogP contribution in [0.2, 0.25) is 0 Å². The summed E-state index contributed by atoms with van der Waals surface area (Å²) in [5, 5.41) is 31.7. The highest BCUT2D eigenvalue weighted by atomic mass is 16.5. The van der Waals surface area contributed by atoms with Crippen molar-refractivity contribution in [1.29, 1.82) is 0 Å². The summed E-state index contributed by atoms with van der Waals surface area (Å²) < 4.78 is 5.07. The number of esters is 1. The Balaban J connectivity index is 1.35. The number of carboxylic acids is 2. The van der Waals surface area contributed by atoms with E-state index in [9.17, 15) is 38.7 Å². The molecular weight excluding hydrogens is 550 g/mol. The number of aliphatic hydroxyl groups is 1. The fraction of sp³-hybridized carbons (Fsp3) is 0.700. The van der Waals surface area contributed by atoms with Gasteiger partial charge < -0.3 is 25.4 Å². The van der Waals surface area contributed by atoms with Crippen LogP contribution >= 0.6 is 0 Å². The van der Waals surface area contributed by atoms with Crippen LogP contribution in [0.15, 0.2) is 11.6 Å². The summed E-state index contributed by atoms with van der Waals surface area (Å²) >= 11 is 0. The maximum absolute atomic E-state index is 13.7. The average molecular weight is 590 g/mol. The van der Waals surface area contributed by atoms with Gasteiger partial charge in [-0.05, 0) is 61.9 Å². The van der Waals surface area contributed by atoms with Gasteiger partial charge in [-0.15, -0.1) is 0 Å². The van der Waals surface area contributed by atoms with Gasteiger partial charge in [0.2, 0.25) is 11.7 Å². The Morgan fingerprint density at radius 1 is 1.02 bits per heavy atom. The first-order valence-electron chi connectivity index (χ1n) is 14.5. The summed E-state index contributed by atoms with van der Waals surface area (Å²) in [7, 11) is 0. The van der Waals surface area contributed by atoms with Gasteiger partial charge in [0.1, 0.15) is 17.4 Å². The molecule has 0 heterocycles. The topological polar surface area (TPSA) is 201 Å². The van der Waals surface area contributed by atoms with Gasteiger partial charge >= 0.3 is 17.9 Å². The number of carbonyl (C=O) groups is 7. The smallest absolute Gasteiger partial charge is 0.326 e. The summed E-state index contributed by atoms with van der Waals surface area (Å²) in [6.45, 7) is 3.10. The molecule has 0 aliphatic heterocycles. The lowest BCUT2D eigenvalue weighted by molar-refractivity contribution is -0.174. The lowest BCUT2D eigenvalue weighted by atomic mass is 9.46. The second-order valence-electron chi connectivity index (χ2n) is 12.8. The van der Waals surface area contributed by atoms with Gasteiger partial charge in [0.25, 0.3) is 0 Å².